The van der Waals surface area contributed by atoms with Gasteiger partial charge in [0.05, 0.1) is 10.0 Å². The highest BCUT2D eigenvalue weighted by Gasteiger charge is 2.37. The summed E-state index contributed by atoms with van der Waals surface area (Å²) in [5.41, 5.74) is 9.41. The summed E-state index contributed by atoms with van der Waals surface area (Å²) < 4.78 is 18.8. The predicted octanol–water partition coefficient (Wildman–Crippen LogP) is 9.89. The third kappa shape index (κ3) is 9.06. The monoisotopic (exact) mass is 818 g/mol. The molecule has 9 nitrogen and oxygen atoms in total. The van der Waals surface area contributed by atoms with Crippen molar-refractivity contribution in [2.45, 2.75) is 90.1 Å². The molecule has 8 rings (SSSR count). The highest BCUT2D eigenvalue weighted by atomic mass is 35.5. The van der Waals surface area contributed by atoms with Crippen molar-refractivity contribution in [1.82, 2.24) is 20.5 Å². The van der Waals surface area contributed by atoms with E-state index in [2.05, 4.69) is 46.8 Å². The van der Waals surface area contributed by atoms with E-state index in [1.54, 1.807) is 17.0 Å². The Kier molecular flexibility index (Phi) is 12.1. The van der Waals surface area contributed by atoms with Crippen molar-refractivity contribution in [3.8, 4) is 28.4 Å². The molecule has 2 aliphatic heterocycles. The maximum absolute atomic E-state index is 14.0. The summed E-state index contributed by atoms with van der Waals surface area (Å²) in [7, 11) is 0. The maximum Gasteiger partial charge on any atom is 0.318 e. The van der Waals surface area contributed by atoms with E-state index in [-0.39, 0.29) is 30.6 Å². The van der Waals surface area contributed by atoms with E-state index in [4.69, 9.17) is 37.4 Å². The van der Waals surface area contributed by atoms with Crippen LogP contribution in [0, 0.1) is 13.8 Å². The van der Waals surface area contributed by atoms with Crippen molar-refractivity contribution in [3.63, 3.8) is 0 Å². The Morgan fingerprint density at radius 3 is 2.40 bits per heavy atom. The Balaban J connectivity index is 0.929. The van der Waals surface area contributed by atoms with Crippen molar-refractivity contribution in [1.29, 1.82) is 0 Å². The summed E-state index contributed by atoms with van der Waals surface area (Å²) in [5, 5.41) is 7.41. The summed E-state index contributed by atoms with van der Waals surface area (Å²) >= 11 is 12.2. The molecule has 300 valence electrons. The van der Waals surface area contributed by atoms with Crippen molar-refractivity contribution in [2.24, 2.45) is 0 Å². The van der Waals surface area contributed by atoms with Crippen LogP contribution in [-0.4, -0.2) is 47.1 Å². The Labute approximate surface area is 350 Å². The minimum Gasteiger partial charge on any atom is -0.489 e. The number of carbonyl (C=O) groups is 2. The summed E-state index contributed by atoms with van der Waals surface area (Å²) in [4.78, 5) is 34.0. The van der Waals surface area contributed by atoms with Gasteiger partial charge in [0.15, 0.2) is 17.6 Å². The number of hydrogen-bond acceptors (Lipinski definition) is 6. The van der Waals surface area contributed by atoms with Crippen molar-refractivity contribution in [2.75, 3.05) is 13.2 Å². The molecule has 0 bridgehead atoms. The Morgan fingerprint density at radius 1 is 0.862 bits per heavy atom. The average Bonchev–Trinajstić information content (AvgIpc) is 3.24. The number of halogens is 2. The second-order valence-corrected chi connectivity index (χ2v) is 16.3. The van der Waals surface area contributed by atoms with Crippen molar-refractivity contribution < 1.29 is 23.8 Å². The zero-order valence-electron chi connectivity index (χ0n) is 32.9. The minimum atomic E-state index is -0.663. The molecule has 1 saturated carbocycles. The van der Waals surface area contributed by atoms with Gasteiger partial charge >= 0.3 is 6.03 Å². The van der Waals surface area contributed by atoms with Gasteiger partial charge in [0.25, 0.3) is 0 Å². The lowest BCUT2D eigenvalue weighted by molar-refractivity contribution is -0.125. The van der Waals surface area contributed by atoms with Crippen LogP contribution in [-0.2, 0) is 30.8 Å². The number of nitrogens with one attached hydrogen (secondary N) is 2. The van der Waals surface area contributed by atoms with Crippen LogP contribution >= 0.6 is 23.2 Å². The number of pyridine rings is 1. The SMILES string of the molecule is Cc1nccc(-c2ccc(CCNC(=O)C3Cc4cc5c(cc4CN3C(=O)NC3CCCCC3)OC(c3ccc(OCc4ccc(Cl)c(Cl)c4)cc3)CO5)cc2)c1C. The second kappa shape index (κ2) is 17.7. The summed E-state index contributed by atoms with van der Waals surface area (Å²) in [6.07, 6.45) is 7.85. The first kappa shape index (κ1) is 39.6. The zero-order chi connectivity index (χ0) is 40.2. The van der Waals surface area contributed by atoms with Gasteiger partial charge in [0.2, 0.25) is 5.91 Å². The van der Waals surface area contributed by atoms with Gasteiger partial charge in [0.1, 0.15) is 25.0 Å². The largest absolute Gasteiger partial charge is 0.489 e. The topological polar surface area (TPSA) is 102 Å². The highest BCUT2D eigenvalue weighted by Crippen LogP contribution is 2.41. The fourth-order valence-electron chi connectivity index (χ4n) is 8.09. The Hall–Kier alpha value is -5.25. The molecule has 11 heteroatoms. The molecular formula is C47H48Cl2N4O5. The quantitative estimate of drug-likeness (QED) is 0.146. The molecule has 0 spiro atoms. The molecule has 1 aromatic heterocycles. The van der Waals surface area contributed by atoms with Crippen LogP contribution in [0.1, 0.15) is 77.3 Å². The van der Waals surface area contributed by atoms with Crippen LogP contribution in [0.5, 0.6) is 17.2 Å². The van der Waals surface area contributed by atoms with Crippen LogP contribution in [0.2, 0.25) is 10.0 Å². The number of carbonyl (C=O) groups excluding carboxylic acids is 2. The van der Waals surface area contributed by atoms with Crippen LogP contribution in [0.15, 0.2) is 91.1 Å². The number of amides is 3. The van der Waals surface area contributed by atoms with Gasteiger partial charge < -0.3 is 29.7 Å². The number of urea groups is 1. The average molecular weight is 820 g/mol. The normalized spacial score (nSPS) is 17.6. The number of hydrogen-bond donors (Lipinski definition) is 2. The van der Waals surface area contributed by atoms with E-state index in [9.17, 15) is 9.59 Å². The molecule has 2 atom stereocenters. The lowest BCUT2D eigenvalue weighted by Gasteiger charge is -2.38. The van der Waals surface area contributed by atoms with Gasteiger partial charge in [0, 0.05) is 37.4 Å². The predicted molar refractivity (Wildman–Crippen MR) is 227 cm³/mol. The number of aryl methyl sites for hydroxylation is 1. The number of ether oxygens (including phenoxy) is 3. The molecule has 1 aliphatic carbocycles. The second-order valence-electron chi connectivity index (χ2n) is 15.5. The molecule has 4 aromatic carbocycles. The van der Waals surface area contributed by atoms with Crippen molar-refractivity contribution >= 4 is 35.1 Å². The molecule has 1 fully saturated rings. The molecular weight excluding hydrogens is 771 g/mol. The first-order valence-corrected chi connectivity index (χ1v) is 20.9. The Morgan fingerprint density at radius 2 is 1.62 bits per heavy atom. The zero-order valence-corrected chi connectivity index (χ0v) is 34.4. The highest BCUT2D eigenvalue weighted by molar-refractivity contribution is 6.42. The molecule has 58 heavy (non-hydrogen) atoms. The summed E-state index contributed by atoms with van der Waals surface area (Å²) in [6, 6.07) is 26.9. The van der Waals surface area contributed by atoms with Gasteiger partial charge in [-0.25, -0.2) is 4.79 Å². The number of nitrogens with zero attached hydrogens (tertiary/aromatic N) is 2. The number of rotatable bonds is 10. The molecule has 2 unspecified atom stereocenters. The van der Waals surface area contributed by atoms with E-state index in [1.165, 1.54) is 17.5 Å². The van der Waals surface area contributed by atoms with Crippen molar-refractivity contribution in [3.05, 3.63) is 140 Å². The maximum atomic E-state index is 14.0. The fourth-order valence-corrected chi connectivity index (χ4v) is 8.41. The van der Waals surface area contributed by atoms with Crippen LogP contribution in [0.4, 0.5) is 4.79 Å². The number of fused-ring (bicyclic) bond motifs is 2. The Bertz CT molecular complexity index is 2280. The third-order valence-corrected chi connectivity index (χ3v) is 12.4. The molecule has 3 amide bonds. The van der Waals surface area contributed by atoms with Crippen LogP contribution in [0.3, 0.4) is 0 Å². The molecule has 0 radical (unpaired) electrons. The number of aromatic nitrogens is 1. The van der Waals surface area contributed by atoms with E-state index < -0.39 is 6.04 Å². The van der Waals surface area contributed by atoms with Gasteiger partial charge in [-0.2, -0.15) is 0 Å². The summed E-state index contributed by atoms with van der Waals surface area (Å²) in [6.45, 7) is 5.55. The molecule has 5 aromatic rings. The smallest absolute Gasteiger partial charge is 0.318 e. The standard InChI is InChI=1S/C47H48Cl2N4O5/c1-29-30(2)50-21-19-39(29)33-11-8-31(9-12-33)18-20-51-46(54)42-23-35-24-43-44(25-36(35)26-53(42)47(55)52-37-6-4-3-5-7-37)58-45(28-57-43)34-13-15-38(16-14-34)56-27-32-10-17-40(48)41(49)22-32/h8-17,19,21-22,24-25,37,42,45H,3-7,18,20,23,26-28H2,1-2H3,(H,51,54)(H,52,55). The van der Waals surface area contributed by atoms with Crippen LogP contribution < -0.4 is 24.8 Å². The molecule has 2 N–H and O–H groups in total. The van der Waals surface area contributed by atoms with Gasteiger partial charge in [-0.15, -0.1) is 0 Å². The molecule has 0 saturated heterocycles. The fraction of sp³-hybridized carbons (Fsp3) is 0.340. The minimum absolute atomic E-state index is 0.114. The lowest BCUT2D eigenvalue weighted by atomic mass is 9.92. The van der Waals surface area contributed by atoms with Gasteiger partial charge in [-0.05, 0) is 120 Å². The van der Waals surface area contributed by atoms with Crippen LogP contribution in [0.25, 0.3) is 11.1 Å². The van der Waals surface area contributed by atoms with E-state index in [1.807, 2.05) is 61.7 Å². The van der Waals surface area contributed by atoms with Gasteiger partial charge in [-0.3, -0.25) is 9.78 Å². The van der Waals surface area contributed by atoms with E-state index in [0.717, 1.165) is 64.8 Å². The lowest BCUT2D eigenvalue weighted by Crippen LogP contribution is -2.56. The third-order valence-electron chi connectivity index (χ3n) is 11.6. The van der Waals surface area contributed by atoms with Gasteiger partial charge in [-0.1, -0.05) is 84.9 Å². The van der Waals surface area contributed by atoms with E-state index in [0.29, 0.717) is 59.9 Å². The number of benzene rings is 4. The molecule has 3 heterocycles. The molecule has 3 aliphatic rings. The first-order valence-electron chi connectivity index (χ1n) is 20.2. The first-order chi connectivity index (χ1) is 28.2. The van der Waals surface area contributed by atoms with E-state index >= 15 is 0 Å². The summed E-state index contributed by atoms with van der Waals surface area (Å²) in [5.74, 6) is 1.80.